The number of aryl methyl sites for hydroxylation is 1. The Kier molecular flexibility index (Phi) is 7.13. The number of thioether (sulfide) groups is 1. The van der Waals surface area contributed by atoms with E-state index in [1.54, 1.807) is 17.5 Å². The van der Waals surface area contributed by atoms with Crippen LogP contribution in [0.2, 0.25) is 0 Å². The predicted octanol–water partition coefficient (Wildman–Crippen LogP) is 4.13. The van der Waals surface area contributed by atoms with Crippen molar-refractivity contribution >= 4 is 40.0 Å². The lowest BCUT2D eigenvalue weighted by molar-refractivity contribution is -0.113. The van der Waals surface area contributed by atoms with Gasteiger partial charge in [0.15, 0.2) is 5.16 Å². The third kappa shape index (κ3) is 5.05. The first-order valence-electron chi connectivity index (χ1n) is 10.2. The first-order valence-corrected chi connectivity index (χ1v) is 12.1. The minimum atomic E-state index is -0.581. The molecule has 176 valence electrons. The molecule has 1 aromatic carbocycles. The van der Waals surface area contributed by atoms with Crippen LogP contribution in [-0.2, 0) is 30.0 Å². The zero-order valence-corrected chi connectivity index (χ0v) is 20.4. The predicted molar refractivity (Wildman–Crippen MR) is 130 cm³/mol. The van der Waals surface area contributed by atoms with Gasteiger partial charge in [0.1, 0.15) is 22.2 Å². The Morgan fingerprint density at radius 3 is 2.62 bits per heavy atom. The molecule has 1 amide bonds. The van der Waals surface area contributed by atoms with E-state index in [4.69, 9.17) is 4.74 Å². The number of anilines is 1. The highest BCUT2D eigenvalue weighted by molar-refractivity contribution is 7.99. The number of methoxy groups -OCH3 is 1. The molecule has 0 unspecified atom stereocenters. The van der Waals surface area contributed by atoms with Crippen LogP contribution in [-0.4, -0.2) is 44.1 Å². The van der Waals surface area contributed by atoms with Crippen LogP contribution >= 0.6 is 23.1 Å². The summed E-state index contributed by atoms with van der Waals surface area (Å²) in [5.41, 5.74) is 2.56. The molecule has 0 aliphatic heterocycles. The Labute approximate surface area is 203 Å². The van der Waals surface area contributed by atoms with E-state index in [9.17, 15) is 14.0 Å². The van der Waals surface area contributed by atoms with Gasteiger partial charge in [-0.1, -0.05) is 23.9 Å². The second-order valence-electron chi connectivity index (χ2n) is 7.43. The lowest BCUT2D eigenvalue weighted by Gasteiger charge is -2.08. The van der Waals surface area contributed by atoms with Crippen LogP contribution in [0.1, 0.15) is 21.9 Å². The Balaban J connectivity index is 1.45. The molecule has 0 aliphatic carbocycles. The SMILES string of the molecule is COC(=O)c1c(-c2ccc(F)cc2)csc1NC(=O)CSc1nnc(Cc2cccn2C)n1C. The fraction of sp³-hybridized carbons (Fsp3) is 0.217. The molecule has 0 radical (unpaired) electrons. The third-order valence-corrected chi connectivity index (χ3v) is 7.15. The van der Waals surface area contributed by atoms with Crippen molar-refractivity contribution in [1.82, 2.24) is 19.3 Å². The van der Waals surface area contributed by atoms with Gasteiger partial charge in [-0.15, -0.1) is 21.5 Å². The Morgan fingerprint density at radius 2 is 1.94 bits per heavy atom. The van der Waals surface area contributed by atoms with Crippen molar-refractivity contribution in [3.05, 3.63) is 70.9 Å². The van der Waals surface area contributed by atoms with Gasteiger partial charge < -0.3 is 19.2 Å². The van der Waals surface area contributed by atoms with E-state index in [1.807, 2.05) is 41.6 Å². The summed E-state index contributed by atoms with van der Waals surface area (Å²) >= 11 is 2.46. The molecule has 0 atom stereocenters. The molecule has 4 aromatic rings. The van der Waals surface area contributed by atoms with Gasteiger partial charge in [0.05, 0.1) is 12.9 Å². The standard InChI is InChI=1S/C23H22FN5O3S2/c1-28-10-4-5-16(28)11-18-26-27-23(29(18)2)34-13-19(30)25-21-20(22(31)32-3)17(12-33-21)14-6-8-15(24)9-7-14/h4-10,12H,11,13H2,1-3H3,(H,25,30). The molecule has 0 fully saturated rings. The monoisotopic (exact) mass is 499 g/mol. The maximum absolute atomic E-state index is 13.3. The molecule has 1 N–H and O–H groups in total. The number of nitrogens with zero attached hydrogens (tertiary/aromatic N) is 4. The minimum Gasteiger partial charge on any atom is -0.465 e. The fourth-order valence-corrected chi connectivity index (χ4v) is 5.06. The van der Waals surface area contributed by atoms with Crippen molar-refractivity contribution < 1.29 is 18.7 Å². The molecule has 0 bridgehead atoms. The summed E-state index contributed by atoms with van der Waals surface area (Å²) in [4.78, 5) is 25.1. The number of carbonyl (C=O) groups is 2. The molecule has 0 spiro atoms. The van der Waals surface area contributed by atoms with Crippen molar-refractivity contribution in [3.63, 3.8) is 0 Å². The van der Waals surface area contributed by atoms with E-state index in [-0.39, 0.29) is 23.0 Å². The van der Waals surface area contributed by atoms with E-state index >= 15 is 0 Å². The van der Waals surface area contributed by atoms with Gasteiger partial charge in [-0.3, -0.25) is 4.79 Å². The van der Waals surface area contributed by atoms with E-state index < -0.39 is 5.97 Å². The molecule has 0 aliphatic rings. The summed E-state index contributed by atoms with van der Waals surface area (Å²) in [6, 6.07) is 9.78. The summed E-state index contributed by atoms with van der Waals surface area (Å²) in [6.07, 6.45) is 2.60. The number of benzene rings is 1. The highest BCUT2D eigenvalue weighted by atomic mass is 32.2. The third-order valence-electron chi connectivity index (χ3n) is 5.24. The second-order valence-corrected chi connectivity index (χ2v) is 9.26. The molecule has 3 heterocycles. The number of hydrogen-bond donors (Lipinski definition) is 1. The average molecular weight is 500 g/mol. The first-order chi connectivity index (χ1) is 16.4. The normalized spacial score (nSPS) is 10.9. The van der Waals surface area contributed by atoms with Gasteiger partial charge in [-0.05, 0) is 29.8 Å². The number of aromatic nitrogens is 4. The van der Waals surface area contributed by atoms with Crippen molar-refractivity contribution in [2.45, 2.75) is 11.6 Å². The number of hydrogen-bond acceptors (Lipinski definition) is 7. The number of thiophene rings is 1. The number of ether oxygens (including phenoxy) is 1. The maximum atomic E-state index is 13.3. The molecule has 8 nitrogen and oxygen atoms in total. The smallest absolute Gasteiger partial charge is 0.341 e. The zero-order chi connectivity index (χ0) is 24.2. The largest absolute Gasteiger partial charge is 0.465 e. The quantitative estimate of drug-likeness (QED) is 0.290. The van der Waals surface area contributed by atoms with Crippen molar-refractivity contribution in [3.8, 4) is 11.1 Å². The number of rotatable bonds is 8. The molecule has 11 heteroatoms. The second kappa shape index (κ2) is 10.2. The van der Waals surface area contributed by atoms with E-state index in [0.29, 0.717) is 27.7 Å². The fourth-order valence-electron chi connectivity index (χ4n) is 3.36. The Morgan fingerprint density at radius 1 is 1.18 bits per heavy atom. The molecule has 3 aromatic heterocycles. The van der Waals surface area contributed by atoms with E-state index in [0.717, 1.165) is 11.5 Å². The molecule has 0 saturated carbocycles. The molecular weight excluding hydrogens is 477 g/mol. The summed E-state index contributed by atoms with van der Waals surface area (Å²) in [7, 11) is 5.11. The van der Waals surface area contributed by atoms with Crippen molar-refractivity contribution in [1.29, 1.82) is 0 Å². The number of esters is 1. The summed E-state index contributed by atoms with van der Waals surface area (Å²) in [5.74, 6) is -0.378. The number of amides is 1. The van der Waals surface area contributed by atoms with Crippen LogP contribution < -0.4 is 5.32 Å². The molecular formula is C23H22FN5O3S2. The highest BCUT2D eigenvalue weighted by Gasteiger charge is 2.23. The van der Waals surface area contributed by atoms with Gasteiger partial charge in [-0.25, -0.2) is 9.18 Å². The van der Waals surface area contributed by atoms with Gasteiger partial charge in [0.2, 0.25) is 5.91 Å². The molecule has 0 saturated heterocycles. The average Bonchev–Trinajstić information content (AvgIpc) is 3.52. The Bertz CT molecular complexity index is 1330. The van der Waals surface area contributed by atoms with Gasteiger partial charge in [0.25, 0.3) is 0 Å². The van der Waals surface area contributed by atoms with Crippen LogP contribution in [0.15, 0.2) is 53.1 Å². The molecule has 34 heavy (non-hydrogen) atoms. The number of carbonyl (C=O) groups excluding carboxylic acids is 2. The lowest BCUT2D eigenvalue weighted by atomic mass is 10.0. The van der Waals surface area contributed by atoms with Crippen LogP contribution in [0.5, 0.6) is 0 Å². The summed E-state index contributed by atoms with van der Waals surface area (Å²) in [6.45, 7) is 0. The summed E-state index contributed by atoms with van der Waals surface area (Å²) in [5, 5.41) is 14.0. The minimum absolute atomic E-state index is 0.0839. The van der Waals surface area contributed by atoms with Gasteiger partial charge in [-0.2, -0.15) is 0 Å². The zero-order valence-electron chi connectivity index (χ0n) is 18.7. The van der Waals surface area contributed by atoms with Gasteiger partial charge in [0, 0.05) is 43.4 Å². The topological polar surface area (TPSA) is 91.0 Å². The Hall–Kier alpha value is -3.44. The number of halogens is 1. The van der Waals surface area contributed by atoms with E-state index in [1.165, 1.54) is 42.3 Å². The van der Waals surface area contributed by atoms with Crippen molar-refractivity contribution in [2.75, 3.05) is 18.2 Å². The van der Waals surface area contributed by atoms with Crippen LogP contribution in [0.3, 0.4) is 0 Å². The molecule has 4 rings (SSSR count). The number of nitrogens with one attached hydrogen (secondary N) is 1. The highest BCUT2D eigenvalue weighted by Crippen LogP contribution is 2.36. The van der Waals surface area contributed by atoms with E-state index in [2.05, 4.69) is 15.5 Å². The van der Waals surface area contributed by atoms with Crippen molar-refractivity contribution in [2.24, 2.45) is 14.1 Å². The van der Waals surface area contributed by atoms with Crippen LogP contribution in [0.25, 0.3) is 11.1 Å². The summed E-state index contributed by atoms with van der Waals surface area (Å²) < 4.78 is 22.1. The first kappa shape index (κ1) is 23.7. The lowest BCUT2D eigenvalue weighted by Crippen LogP contribution is -2.16. The van der Waals surface area contributed by atoms with Gasteiger partial charge >= 0.3 is 5.97 Å². The van der Waals surface area contributed by atoms with Crippen LogP contribution in [0, 0.1) is 5.82 Å². The maximum Gasteiger partial charge on any atom is 0.341 e. The van der Waals surface area contributed by atoms with Crippen LogP contribution in [0.4, 0.5) is 9.39 Å².